The van der Waals surface area contributed by atoms with E-state index in [2.05, 4.69) is 4.98 Å². The second-order valence-electron chi connectivity index (χ2n) is 3.10. The Kier molecular flexibility index (Phi) is 1.81. The van der Waals surface area contributed by atoms with Crippen molar-refractivity contribution >= 4 is 10.9 Å². The quantitative estimate of drug-likeness (QED) is 0.692. The van der Waals surface area contributed by atoms with Gasteiger partial charge in [-0.25, -0.2) is 4.39 Å². The first kappa shape index (κ1) is 8.26. The van der Waals surface area contributed by atoms with Gasteiger partial charge in [-0.05, 0) is 25.1 Å². The summed E-state index contributed by atoms with van der Waals surface area (Å²) in [6, 6.07) is 6.46. The summed E-state index contributed by atoms with van der Waals surface area (Å²) in [4.78, 5) is 2.95. The lowest BCUT2D eigenvalue weighted by Crippen LogP contribution is -1.88. The predicted octanol–water partition coefficient (Wildman–Crippen LogP) is 2.36. The SMILES string of the molecule is CC(O)c1cc2c(F)cccc2[nH]1. The lowest BCUT2D eigenvalue weighted by molar-refractivity contribution is 0.195. The van der Waals surface area contributed by atoms with Crippen LogP contribution in [-0.4, -0.2) is 10.1 Å². The molecule has 1 atom stereocenters. The minimum absolute atomic E-state index is 0.263. The molecule has 0 aliphatic rings. The molecular formula is C10H10FNO. The summed E-state index contributed by atoms with van der Waals surface area (Å²) in [5.41, 5.74) is 1.36. The fourth-order valence-corrected chi connectivity index (χ4v) is 1.36. The molecule has 2 aromatic rings. The molecule has 2 rings (SSSR count). The maximum Gasteiger partial charge on any atom is 0.132 e. The summed E-state index contributed by atoms with van der Waals surface area (Å²) >= 11 is 0. The van der Waals surface area contributed by atoms with Crippen molar-refractivity contribution in [3.63, 3.8) is 0 Å². The number of halogens is 1. The first-order valence-electron chi connectivity index (χ1n) is 4.13. The number of aromatic nitrogens is 1. The van der Waals surface area contributed by atoms with Crippen LogP contribution in [0.15, 0.2) is 24.3 Å². The van der Waals surface area contributed by atoms with Gasteiger partial charge in [-0.1, -0.05) is 6.07 Å². The first-order chi connectivity index (χ1) is 6.18. The largest absolute Gasteiger partial charge is 0.387 e. The second-order valence-corrected chi connectivity index (χ2v) is 3.10. The van der Waals surface area contributed by atoms with Gasteiger partial charge in [-0.2, -0.15) is 0 Å². The van der Waals surface area contributed by atoms with Gasteiger partial charge in [0.25, 0.3) is 0 Å². The number of nitrogens with one attached hydrogen (secondary N) is 1. The summed E-state index contributed by atoms with van der Waals surface area (Å²) in [6.07, 6.45) is -0.591. The number of aromatic amines is 1. The van der Waals surface area contributed by atoms with Crippen LogP contribution in [0.4, 0.5) is 4.39 Å². The molecule has 0 saturated carbocycles. The van der Waals surface area contributed by atoms with Gasteiger partial charge in [-0.3, -0.25) is 0 Å². The van der Waals surface area contributed by atoms with Gasteiger partial charge in [0, 0.05) is 16.6 Å². The average Bonchev–Trinajstić information content (AvgIpc) is 2.49. The van der Waals surface area contributed by atoms with E-state index in [0.29, 0.717) is 11.1 Å². The topological polar surface area (TPSA) is 36.0 Å². The predicted molar refractivity (Wildman–Crippen MR) is 48.9 cm³/mol. The molecule has 0 bridgehead atoms. The molecule has 1 unspecified atom stereocenters. The number of H-pyrrole nitrogens is 1. The van der Waals surface area contributed by atoms with Gasteiger partial charge >= 0.3 is 0 Å². The van der Waals surface area contributed by atoms with Crippen LogP contribution in [0.25, 0.3) is 10.9 Å². The molecule has 1 aromatic heterocycles. The molecule has 0 fully saturated rings. The zero-order valence-electron chi connectivity index (χ0n) is 7.21. The third kappa shape index (κ3) is 1.31. The zero-order chi connectivity index (χ0) is 9.42. The van der Waals surface area contributed by atoms with Crippen LogP contribution < -0.4 is 0 Å². The molecule has 0 spiro atoms. The second kappa shape index (κ2) is 2.85. The van der Waals surface area contributed by atoms with Crippen molar-refractivity contribution in [1.29, 1.82) is 0 Å². The molecule has 13 heavy (non-hydrogen) atoms. The molecule has 2 N–H and O–H groups in total. The normalized spacial score (nSPS) is 13.5. The minimum atomic E-state index is -0.591. The summed E-state index contributed by atoms with van der Waals surface area (Å²) in [5.74, 6) is -0.263. The fraction of sp³-hybridized carbons (Fsp3) is 0.200. The van der Waals surface area contributed by atoms with E-state index >= 15 is 0 Å². The number of hydrogen-bond acceptors (Lipinski definition) is 1. The van der Waals surface area contributed by atoms with Gasteiger partial charge in [-0.15, -0.1) is 0 Å². The number of aliphatic hydroxyl groups excluding tert-OH is 1. The fourth-order valence-electron chi connectivity index (χ4n) is 1.36. The molecule has 1 heterocycles. The van der Waals surface area contributed by atoms with E-state index in [0.717, 1.165) is 5.52 Å². The van der Waals surface area contributed by atoms with Crippen LogP contribution in [-0.2, 0) is 0 Å². The first-order valence-corrected chi connectivity index (χ1v) is 4.13. The molecule has 0 aliphatic carbocycles. The Bertz CT molecular complexity index is 433. The average molecular weight is 179 g/mol. The number of fused-ring (bicyclic) bond motifs is 1. The van der Waals surface area contributed by atoms with Gasteiger partial charge in [0.15, 0.2) is 0 Å². The van der Waals surface area contributed by atoms with Crippen molar-refractivity contribution in [2.75, 3.05) is 0 Å². The molecule has 1 aromatic carbocycles. The molecular weight excluding hydrogens is 169 g/mol. The Labute approximate surface area is 75.0 Å². The maximum absolute atomic E-state index is 13.2. The summed E-state index contributed by atoms with van der Waals surface area (Å²) in [6.45, 7) is 1.64. The van der Waals surface area contributed by atoms with Gasteiger partial charge in [0.05, 0.1) is 6.10 Å². The van der Waals surface area contributed by atoms with Crippen molar-refractivity contribution in [3.05, 3.63) is 35.8 Å². The van der Waals surface area contributed by atoms with E-state index < -0.39 is 6.10 Å². The molecule has 0 radical (unpaired) electrons. The highest BCUT2D eigenvalue weighted by molar-refractivity contribution is 5.81. The standard InChI is InChI=1S/C10H10FNO/c1-6(13)10-5-7-8(11)3-2-4-9(7)12-10/h2-6,12-13H,1H3. The monoisotopic (exact) mass is 179 g/mol. The Balaban J connectivity index is 2.68. The van der Waals surface area contributed by atoms with Crippen molar-refractivity contribution in [2.24, 2.45) is 0 Å². The Morgan fingerprint density at radius 2 is 2.23 bits per heavy atom. The maximum atomic E-state index is 13.2. The lowest BCUT2D eigenvalue weighted by atomic mass is 10.2. The number of benzene rings is 1. The van der Waals surface area contributed by atoms with Gasteiger partial charge in [0.2, 0.25) is 0 Å². The highest BCUT2D eigenvalue weighted by Gasteiger charge is 2.07. The van der Waals surface area contributed by atoms with E-state index in [1.165, 1.54) is 6.07 Å². The third-order valence-corrected chi connectivity index (χ3v) is 2.08. The van der Waals surface area contributed by atoms with Crippen LogP contribution in [0.3, 0.4) is 0 Å². The number of hydrogen-bond donors (Lipinski definition) is 2. The van der Waals surface area contributed by atoms with E-state index in [1.807, 2.05) is 0 Å². The van der Waals surface area contributed by atoms with E-state index in [9.17, 15) is 9.50 Å². The highest BCUT2D eigenvalue weighted by Crippen LogP contribution is 2.21. The van der Waals surface area contributed by atoms with E-state index in [4.69, 9.17) is 0 Å². The van der Waals surface area contributed by atoms with Crippen LogP contribution in [0.2, 0.25) is 0 Å². The lowest BCUT2D eigenvalue weighted by Gasteiger charge is -1.97. The van der Waals surface area contributed by atoms with E-state index in [-0.39, 0.29) is 5.82 Å². The van der Waals surface area contributed by atoms with E-state index in [1.54, 1.807) is 25.1 Å². The van der Waals surface area contributed by atoms with Crippen molar-refractivity contribution < 1.29 is 9.50 Å². The summed E-state index contributed by atoms with van der Waals surface area (Å²) < 4.78 is 13.2. The molecule has 2 nitrogen and oxygen atoms in total. The Morgan fingerprint density at radius 3 is 2.85 bits per heavy atom. The van der Waals surface area contributed by atoms with Gasteiger partial charge in [0.1, 0.15) is 5.82 Å². The summed E-state index contributed by atoms with van der Waals surface area (Å²) in [5, 5.41) is 9.79. The molecule has 0 amide bonds. The Morgan fingerprint density at radius 1 is 1.46 bits per heavy atom. The molecule has 0 saturated heterocycles. The number of rotatable bonds is 1. The smallest absolute Gasteiger partial charge is 0.132 e. The van der Waals surface area contributed by atoms with Crippen LogP contribution in [0, 0.1) is 5.82 Å². The Hall–Kier alpha value is -1.35. The highest BCUT2D eigenvalue weighted by atomic mass is 19.1. The van der Waals surface area contributed by atoms with Crippen LogP contribution in [0.5, 0.6) is 0 Å². The van der Waals surface area contributed by atoms with Crippen molar-refractivity contribution in [2.45, 2.75) is 13.0 Å². The van der Waals surface area contributed by atoms with Gasteiger partial charge < -0.3 is 10.1 Å². The van der Waals surface area contributed by atoms with Crippen molar-refractivity contribution in [1.82, 2.24) is 4.98 Å². The molecule has 68 valence electrons. The summed E-state index contributed by atoms with van der Waals surface area (Å²) in [7, 11) is 0. The minimum Gasteiger partial charge on any atom is -0.387 e. The molecule has 3 heteroatoms. The third-order valence-electron chi connectivity index (χ3n) is 2.08. The van der Waals surface area contributed by atoms with Crippen LogP contribution in [0.1, 0.15) is 18.7 Å². The zero-order valence-corrected chi connectivity index (χ0v) is 7.21. The number of aliphatic hydroxyl groups is 1. The molecule has 0 aliphatic heterocycles. The van der Waals surface area contributed by atoms with Crippen molar-refractivity contribution in [3.8, 4) is 0 Å². The van der Waals surface area contributed by atoms with Crippen LogP contribution >= 0.6 is 0 Å².